The van der Waals surface area contributed by atoms with Crippen LogP contribution < -0.4 is 26.0 Å². The van der Waals surface area contributed by atoms with Gasteiger partial charge in [-0.3, -0.25) is 19.3 Å². The maximum Gasteiger partial charge on any atom is 0.373 e. The normalized spacial score (nSPS) is 15.8. The summed E-state index contributed by atoms with van der Waals surface area (Å²) < 4.78 is 10.8. The molecule has 4 aromatic rings. The Balaban J connectivity index is 1.67. The van der Waals surface area contributed by atoms with Crippen molar-refractivity contribution in [3.05, 3.63) is 121 Å². The monoisotopic (exact) mass is 610 g/mol. The first kappa shape index (κ1) is 30.0. The second-order valence-electron chi connectivity index (χ2n) is 9.61. The molecule has 0 spiro atoms. The molecule has 1 heterocycles. The van der Waals surface area contributed by atoms with Gasteiger partial charge in [0.15, 0.2) is 12.6 Å². The number of carbonyl (C=O) groups excluding carboxylic acids is 4. The second-order valence-corrected chi connectivity index (χ2v) is 12.9. The molecular weight excluding hydrogens is 583 g/mol. The summed E-state index contributed by atoms with van der Waals surface area (Å²) in [5.41, 5.74) is -0.346. The van der Waals surface area contributed by atoms with Crippen LogP contribution in [0, 0.1) is 0 Å². The molecule has 2 atom stereocenters. The number of carbonyl (C=O) groups is 5. The lowest BCUT2D eigenvalue weighted by Crippen LogP contribution is -2.74. The quantitative estimate of drug-likeness (QED) is 0.0860. The number of esters is 1. The Morgan fingerprint density at radius 3 is 1.66 bits per heavy atom. The summed E-state index contributed by atoms with van der Waals surface area (Å²) in [6.45, 7) is -3.84. The van der Waals surface area contributed by atoms with Gasteiger partial charge in [0.2, 0.25) is 12.5 Å². The lowest BCUT2D eigenvalue weighted by Gasteiger charge is -2.47. The van der Waals surface area contributed by atoms with Gasteiger partial charge in [-0.05, 0) is 28.0 Å². The summed E-state index contributed by atoms with van der Waals surface area (Å²) in [6, 6.07) is 33.8. The number of carboxylic acids is 1. The average Bonchev–Trinajstić information content (AvgIpc) is 3.07. The van der Waals surface area contributed by atoms with Crippen LogP contribution in [0.5, 0.6) is 5.75 Å². The Labute approximate surface area is 252 Å². The molecule has 0 aromatic heterocycles. The highest BCUT2D eigenvalue weighted by Crippen LogP contribution is 2.48. The Hall–Kier alpha value is -5.47. The summed E-state index contributed by atoms with van der Waals surface area (Å²) >= 11 is 0. The minimum Gasteiger partial charge on any atom is -0.484 e. The third-order valence-electron chi connectivity index (χ3n) is 6.97. The lowest BCUT2D eigenvalue weighted by atomic mass is 10.0. The Morgan fingerprint density at radius 1 is 0.773 bits per heavy atom. The molecule has 0 bridgehead atoms. The summed E-state index contributed by atoms with van der Waals surface area (Å²) in [4.78, 5) is 64.5. The van der Waals surface area contributed by atoms with E-state index in [1.807, 2.05) is 0 Å². The second kappa shape index (κ2) is 13.2. The number of aliphatic carboxylic acids is 1. The Bertz CT molecular complexity index is 1630. The molecule has 1 aliphatic heterocycles. The summed E-state index contributed by atoms with van der Waals surface area (Å²) in [5, 5.41) is 15.2. The van der Waals surface area contributed by atoms with E-state index in [2.05, 4.69) is 5.32 Å². The zero-order valence-corrected chi connectivity index (χ0v) is 24.1. The Kier molecular flexibility index (Phi) is 9.02. The molecular formula is C33H27N2O8P. The maximum absolute atomic E-state index is 13.9. The number of likely N-dealkylation sites (tertiary alicyclic amines) is 1. The zero-order chi connectivity index (χ0) is 31.1. The van der Waals surface area contributed by atoms with Crippen molar-refractivity contribution in [3.63, 3.8) is 0 Å². The van der Waals surface area contributed by atoms with Crippen molar-refractivity contribution in [1.29, 1.82) is 0 Å². The van der Waals surface area contributed by atoms with Crippen LogP contribution in [0.4, 0.5) is 0 Å². The highest BCUT2D eigenvalue weighted by atomic mass is 31.2. The van der Waals surface area contributed by atoms with Crippen LogP contribution >= 0.6 is 6.89 Å². The molecule has 0 unspecified atom stereocenters. The molecule has 1 aliphatic rings. The van der Waals surface area contributed by atoms with Crippen molar-refractivity contribution in [2.45, 2.75) is 12.3 Å². The fraction of sp³-hybridized carbons (Fsp3) is 0.0909. The van der Waals surface area contributed by atoms with Gasteiger partial charge >= 0.3 is 11.9 Å². The number of rotatable bonds is 11. The number of benzene rings is 4. The van der Waals surface area contributed by atoms with Crippen LogP contribution in [0.1, 0.15) is 0 Å². The highest BCUT2D eigenvalue weighted by Gasteiger charge is 2.56. The molecule has 1 fully saturated rings. The third kappa shape index (κ3) is 5.75. The van der Waals surface area contributed by atoms with Crippen LogP contribution in [0.25, 0.3) is 0 Å². The van der Waals surface area contributed by atoms with Gasteiger partial charge in [0.1, 0.15) is 11.2 Å². The van der Waals surface area contributed by atoms with Gasteiger partial charge in [0.05, 0.1) is 0 Å². The van der Waals surface area contributed by atoms with Crippen LogP contribution in [0.15, 0.2) is 121 Å². The number of ether oxygens (including phenoxy) is 2. The number of β-lactam (4-membered cyclic amide) rings is 1. The van der Waals surface area contributed by atoms with Crippen molar-refractivity contribution < 1.29 is 38.6 Å². The highest BCUT2D eigenvalue weighted by molar-refractivity contribution is 7.96. The first-order valence-corrected chi connectivity index (χ1v) is 15.3. The van der Waals surface area contributed by atoms with Gasteiger partial charge in [-0.25, -0.2) is 9.59 Å². The smallest absolute Gasteiger partial charge is 0.373 e. The van der Waals surface area contributed by atoms with Crippen LogP contribution in [-0.4, -0.2) is 64.3 Å². The van der Waals surface area contributed by atoms with Crippen molar-refractivity contribution in [2.75, 3.05) is 6.61 Å². The van der Waals surface area contributed by atoms with E-state index in [1.54, 1.807) is 121 Å². The molecule has 0 saturated carbocycles. The average molecular weight is 611 g/mol. The molecule has 2 N–H and O–H groups in total. The molecule has 11 heteroatoms. The van der Waals surface area contributed by atoms with E-state index in [-0.39, 0.29) is 11.7 Å². The van der Waals surface area contributed by atoms with Crippen LogP contribution in [0.3, 0.4) is 0 Å². The van der Waals surface area contributed by atoms with E-state index >= 15 is 0 Å². The van der Waals surface area contributed by atoms with Gasteiger partial charge < -0.3 is 19.9 Å². The maximum atomic E-state index is 13.9. The van der Waals surface area contributed by atoms with E-state index in [1.165, 1.54) is 0 Å². The first-order valence-electron chi connectivity index (χ1n) is 13.5. The standard InChI is InChI=1S/C33H27N2O8P/c36-21-28(38)43-31-29(34-27(37)22-42-23-13-5-1-6-14-23)30(39)35(31)32(33(40)41)44(24-15-7-2-8-16-24,25-17-9-3-10-18-25)26-19-11-4-12-20-26/h1-21,29,31H,22H2,(H,34,37)(H,40,41)/t29-,31-/m1/s1. The van der Waals surface area contributed by atoms with Gasteiger partial charge in [-0.15, -0.1) is 0 Å². The van der Waals surface area contributed by atoms with Crippen LogP contribution in [0.2, 0.25) is 0 Å². The zero-order valence-electron chi connectivity index (χ0n) is 23.2. The number of hydrogen-bond donors (Lipinski definition) is 2. The molecule has 10 nitrogen and oxygen atoms in total. The SMILES string of the molecule is O=CC(=O)O[C@@H]1[C@H](NC(=O)COc2ccccc2)C(=O)N1C(C(=O)O)=P(c1ccccc1)(c1ccccc1)c1ccccc1. The van der Waals surface area contributed by atoms with Gasteiger partial charge in [-0.1, -0.05) is 109 Å². The third-order valence-corrected chi connectivity index (χ3v) is 11.2. The molecule has 5 rings (SSSR count). The van der Waals surface area contributed by atoms with E-state index < -0.39 is 49.5 Å². The number of nitrogens with one attached hydrogen (secondary N) is 1. The molecule has 44 heavy (non-hydrogen) atoms. The van der Waals surface area contributed by atoms with Crippen molar-refractivity contribution in [1.82, 2.24) is 10.2 Å². The van der Waals surface area contributed by atoms with Gasteiger partial charge in [0, 0.05) is 6.89 Å². The molecule has 1 saturated heterocycles. The number of amides is 2. The largest absolute Gasteiger partial charge is 0.484 e. The Morgan fingerprint density at radius 2 is 1.23 bits per heavy atom. The van der Waals surface area contributed by atoms with Crippen molar-refractivity contribution >= 4 is 58.3 Å². The number of aldehydes is 1. The van der Waals surface area contributed by atoms with Crippen molar-refractivity contribution in [2.24, 2.45) is 0 Å². The molecule has 2 amide bonds. The number of nitrogens with zero attached hydrogens (tertiary/aromatic N) is 1. The van der Waals surface area contributed by atoms with E-state index in [0.29, 0.717) is 21.7 Å². The minimum atomic E-state index is -3.38. The number of carboxylic acid groups (broad SMARTS) is 1. The summed E-state index contributed by atoms with van der Waals surface area (Å²) in [5.74, 6) is -3.90. The fourth-order valence-corrected chi connectivity index (χ4v) is 9.46. The summed E-state index contributed by atoms with van der Waals surface area (Å²) in [6.07, 6.45) is -1.71. The number of hydrogen-bond acceptors (Lipinski definition) is 7. The first-order chi connectivity index (χ1) is 21.4. The molecule has 0 radical (unpaired) electrons. The fourth-order valence-electron chi connectivity index (χ4n) is 5.15. The lowest BCUT2D eigenvalue weighted by molar-refractivity contribution is -0.182. The minimum absolute atomic E-state index is 0.0905. The van der Waals surface area contributed by atoms with E-state index in [4.69, 9.17) is 9.47 Å². The molecule has 0 aliphatic carbocycles. The molecule has 222 valence electrons. The summed E-state index contributed by atoms with van der Waals surface area (Å²) in [7, 11) is 0. The van der Waals surface area contributed by atoms with Gasteiger partial charge in [0.25, 0.3) is 11.8 Å². The van der Waals surface area contributed by atoms with E-state index in [0.717, 1.165) is 4.90 Å². The predicted molar refractivity (Wildman–Crippen MR) is 164 cm³/mol. The topological polar surface area (TPSA) is 139 Å². The molecule has 4 aromatic carbocycles. The van der Waals surface area contributed by atoms with Crippen molar-refractivity contribution in [3.8, 4) is 5.75 Å². The van der Waals surface area contributed by atoms with Crippen LogP contribution in [-0.2, 0) is 28.7 Å². The van der Waals surface area contributed by atoms with E-state index in [9.17, 15) is 29.1 Å². The van der Waals surface area contributed by atoms with Gasteiger partial charge in [-0.2, -0.15) is 0 Å². The predicted octanol–water partition coefficient (Wildman–Crippen LogP) is 1.67. The number of para-hydroxylation sites is 1.